The SMILES string of the molecule is COc1ccc(C(=O)N2CCN(CCC(C)C)[C@H](C)[C@H]2C)cn1. The van der Waals surface area contributed by atoms with Gasteiger partial charge < -0.3 is 9.64 Å². The summed E-state index contributed by atoms with van der Waals surface area (Å²) in [5.41, 5.74) is 0.625. The van der Waals surface area contributed by atoms with Crippen LogP contribution in [0.15, 0.2) is 18.3 Å². The highest BCUT2D eigenvalue weighted by molar-refractivity contribution is 5.94. The summed E-state index contributed by atoms with van der Waals surface area (Å²) in [5.74, 6) is 1.30. The highest BCUT2D eigenvalue weighted by Crippen LogP contribution is 2.21. The standard InChI is InChI=1S/C18H29N3O2/c1-13(2)8-9-20-10-11-21(15(4)14(20)3)18(22)16-6-7-17(23-5)19-12-16/h6-7,12-15H,8-11H2,1-5H3/t14-,15-/m1/s1. The van der Waals surface area contributed by atoms with Crippen LogP contribution in [0.5, 0.6) is 5.88 Å². The largest absolute Gasteiger partial charge is 0.481 e. The second kappa shape index (κ2) is 7.77. The smallest absolute Gasteiger partial charge is 0.255 e. The van der Waals surface area contributed by atoms with E-state index in [0.717, 1.165) is 19.6 Å². The Bertz CT molecular complexity index is 516. The molecule has 23 heavy (non-hydrogen) atoms. The van der Waals surface area contributed by atoms with Crippen molar-refractivity contribution in [1.82, 2.24) is 14.8 Å². The first-order valence-electron chi connectivity index (χ1n) is 8.49. The van der Waals surface area contributed by atoms with Gasteiger partial charge in [-0.3, -0.25) is 9.69 Å². The highest BCUT2D eigenvalue weighted by Gasteiger charge is 2.33. The Hall–Kier alpha value is -1.62. The van der Waals surface area contributed by atoms with Gasteiger partial charge in [0.05, 0.1) is 12.7 Å². The Balaban J connectivity index is 2.02. The maximum absolute atomic E-state index is 12.8. The molecule has 0 aromatic carbocycles. The third-order valence-corrected chi connectivity index (χ3v) is 4.84. The fourth-order valence-electron chi connectivity index (χ4n) is 3.03. The van der Waals surface area contributed by atoms with Gasteiger partial charge in [0, 0.05) is 37.4 Å². The van der Waals surface area contributed by atoms with Crippen LogP contribution in [0.4, 0.5) is 0 Å². The molecule has 5 nitrogen and oxygen atoms in total. The summed E-state index contributed by atoms with van der Waals surface area (Å²) >= 11 is 0. The number of hydrogen-bond acceptors (Lipinski definition) is 4. The molecule has 1 aliphatic heterocycles. The number of carbonyl (C=O) groups excluding carboxylic acids is 1. The van der Waals surface area contributed by atoms with Crippen molar-refractivity contribution >= 4 is 5.91 Å². The molecule has 1 saturated heterocycles. The monoisotopic (exact) mass is 319 g/mol. The van der Waals surface area contributed by atoms with Crippen molar-refractivity contribution in [1.29, 1.82) is 0 Å². The molecule has 0 radical (unpaired) electrons. The number of rotatable bonds is 5. The van der Waals surface area contributed by atoms with E-state index in [2.05, 4.69) is 37.6 Å². The van der Waals surface area contributed by atoms with E-state index in [4.69, 9.17) is 4.74 Å². The highest BCUT2D eigenvalue weighted by atomic mass is 16.5. The summed E-state index contributed by atoms with van der Waals surface area (Å²) in [5, 5.41) is 0. The molecule has 2 heterocycles. The van der Waals surface area contributed by atoms with Gasteiger partial charge in [-0.1, -0.05) is 13.8 Å². The first kappa shape index (κ1) is 17.7. The van der Waals surface area contributed by atoms with Crippen molar-refractivity contribution in [2.45, 2.75) is 46.2 Å². The van der Waals surface area contributed by atoms with Crippen LogP contribution in [-0.4, -0.2) is 59.5 Å². The predicted octanol–water partition coefficient (Wildman–Crippen LogP) is 2.67. The molecule has 0 spiro atoms. The molecule has 1 aromatic heterocycles. The Kier molecular flexibility index (Phi) is 5.99. The van der Waals surface area contributed by atoms with Crippen molar-refractivity contribution < 1.29 is 9.53 Å². The van der Waals surface area contributed by atoms with Crippen LogP contribution in [0.2, 0.25) is 0 Å². The Morgan fingerprint density at radius 1 is 1.30 bits per heavy atom. The Morgan fingerprint density at radius 2 is 2.04 bits per heavy atom. The van der Waals surface area contributed by atoms with Gasteiger partial charge in [-0.25, -0.2) is 4.98 Å². The molecule has 1 amide bonds. The second-order valence-corrected chi connectivity index (χ2v) is 6.79. The zero-order valence-corrected chi connectivity index (χ0v) is 15.0. The molecule has 0 bridgehead atoms. The molecule has 2 atom stereocenters. The topological polar surface area (TPSA) is 45.7 Å². The summed E-state index contributed by atoms with van der Waals surface area (Å²) in [7, 11) is 1.57. The minimum atomic E-state index is 0.0583. The van der Waals surface area contributed by atoms with Crippen LogP contribution in [0, 0.1) is 5.92 Å². The molecule has 0 saturated carbocycles. The van der Waals surface area contributed by atoms with E-state index in [1.807, 2.05) is 4.90 Å². The van der Waals surface area contributed by atoms with E-state index in [1.54, 1.807) is 25.4 Å². The molecule has 0 aliphatic carbocycles. The maximum atomic E-state index is 12.8. The van der Waals surface area contributed by atoms with Crippen LogP contribution in [-0.2, 0) is 0 Å². The summed E-state index contributed by atoms with van der Waals surface area (Å²) in [6.07, 6.45) is 2.80. The van der Waals surface area contributed by atoms with Crippen molar-refractivity contribution in [3.05, 3.63) is 23.9 Å². The number of pyridine rings is 1. The number of amides is 1. The van der Waals surface area contributed by atoms with Crippen molar-refractivity contribution in [3.63, 3.8) is 0 Å². The van der Waals surface area contributed by atoms with Gasteiger partial charge in [0.1, 0.15) is 0 Å². The summed E-state index contributed by atoms with van der Waals surface area (Å²) in [4.78, 5) is 21.4. The molecule has 128 valence electrons. The fraction of sp³-hybridized carbons (Fsp3) is 0.667. The first-order chi connectivity index (χ1) is 10.9. The van der Waals surface area contributed by atoms with E-state index in [9.17, 15) is 4.79 Å². The molecule has 1 fully saturated rings. The third kappa shape index (κ3) is 4.22. The molecule has 1 aromatic rings. The molecule has 5 heteroatoms. The average Bonchev–Trinajstić information content (AvgIpc) is 2.55. The van der Waals surface area contributed by atoms with Gasteiger partial charge in [0.15, 0.2) is 0 Å². The van der Waals surface area contributed by atoms with Crippen molar-refractivity contribution in [2.75, 3.05) is 26.7 Å². The molecule has 0 unspecified atom stereocenters. The quantitative estimate of drug-likeness (QED) is 0.837. The zero-order chi connectivity index (χ0) is 17.0. The zero-order valence-electron chi connectivity index (χ0n) is 15.0. The summed E-state index contributed by atoms with van der Waals surface area (Å²) in [6.45, 7) is 11.7. The van der Waals surface area contributed by atoms with E-state index in [1.165, 1.54) is 6.42 Å². The van der Waals surface area contributed by atoms with Crippen LogP contribution in [0.25, 0.3) is 0 Å². The van der Waals surface area contributed by atoms with Gasteiger partial charge >= 0.3 is 0 Å². The van der Waals surface area contributed by atoms with Gasteiger partial charge in [-0.2, -0.15) is 0 Å². The molecular weight excluding hydrogens is 290 g/mol. The van der Waals surface area contributed by atoms with Gasteiger partial charge in [0.2, 0.25) is 5.88 Å². The number of methoxy groups -OCH3 is 1. The number of ether oxygens (including phenoxy) is 1. The normalized spacial score (nSPS) is 22.4. The third-order valence-electron chi connectivity index (χ3n) is 4.84. The second-order valence-electron chi connectivity index (χ2n) is 6.79. The number of hydrogen-bond donors (Lipinski definition) is 0. The van der Waals surface area contributed by atoms with E-state index >= 15 is 0 Å². The lowest BCUT2D eigenvalue weighted by atomic mass is 10.0. The number of carbonyl (C=O) groups is 1. The minimum Gasteiger partial charge on any atom is -0.481 e. The molecule has 2 rings (SSSR count). The van der Waals surface area contributed by atoms with Gasteiger partial charge in [-0.05, 0) is 38.8 Å². The van der Waals surface area contributed by atoms with E-state index in [0.29, 0.717) is 23.4 Å². The van der Waals surface area contributed by atoms with Crippen molar-refractivity contribution in [3.8, 4) is 5.88 Å². The first-order valence-corrected chi connectivity index (χ1v) is 8.49. The summed E-state index contributed by atoms with van der Waals surface area (Å²) < 4.78 is 5.05. The number of aromatic nitrogens is 1. The lowest BCUT2D eigenvalue weighted by Crippen LogP contribution is -2.59. The van der Waals surface area contributed by atoms with Crippen molar-refractivity contribution in [2.24, 2.45) is 5.92 Å². The van der Waals surface area contributed by atoms with Crippen LogP contribution < -0.4 is 4.74 Å². The lowest BCUT2D eigenvalue weighted by Gasteiger charge is -2.45. The van der Waals surface area contributed by atoms with Crippen LogP contribution in [0.3, 0.4) is 0 Å². The summed E-state index contributed by atoms with van der Waals surface area (Å²) in [6, 6.07) is 4.10. The average molecular weight is 319 g/mol. The minimum absolute atomic E-state index is 0.0583. The number of nitrogens with zero attached hydrogens (tertiary/aromatic N) is 3. The van der Waals surface area contributed by atoms with Gasteiger partial charge in [-0.15, -0.1) is 0 Å². The number of piperazine rings is 1. The van der Waals surface area contributed by atoms with E-state index in [-0.39, 0.29) is 11.9 Å². The fourth-order valence-corrected chi connectivity index (χ4v) is 3.03. The Labute approximate surface area is 139 Å². The lowest BCUT2D eigenvalue weighted by molar-refractivity contribution is 0.0264. The van der Waals surface area contributed by atoms with Crippen LogP contribution >= 0.6 is 0 Å². The predicted molar refractivity (Wildman–Crippen MR) is 91.8 cm³/mol. The Morgan fingerprint density at radius 3 is 2.61 bits per heavy atom. The van der Waals surface area contributed by atoms with Gasteiger partial charge in [0.25, 0.3) is 5.91 Å². The molecule has 0 N–H and O–H groups in total. The molecular formula is C18H29N3O2. The maximum Gasteiger partial charge on any atom is 0.255 e. The van der Waals surface area contributed by atoms with Crippen LogP contribution in [0.1, 0.15) is 44.5 Å². The molecule has 1 aliphatic rings. The van der Waals surface area contributed by atoms with E-state index < -0.39 is 0 Å².